The molecule has 1 amide bonds. The van der Waals surface area contributed by atoms with Gasteiger partial charge in [-0.1, -0.05) is 32.9 Å². The van der Waals surface area contributed by atoms with Crippen molar-refractivity contribution in [3.8, 4) is 0 Å². The van der Waals surface area contributed by atoms with Crippen LogP contribution in [-0.2, 0) is 20.3 Å². The van der Waals surface area contributed by atoms with Gasteiger partial charge in [-0.15, -0.1) is 0 Å². The van der Waals surface area contributed by atoms with Gasteiger partial charge in [-0.05, 0) is 48.7 Å². The molecule has 0 N–H and O–H groups in total. The van der Waals surface area contributed by atoms with Crippen LogP contribution in [0, 0.1) is 0 Å². The van der Waals surface area contributed by atoms with Crippen molar-refractivity contribution in [3.05, 3.63) is 35.4 Å². The maximum atomic E-state index is 12.3. The molecule has 1 aromatic rings. The van der Waals surface area contributed by atoms with E-state index in [9.17, 15) is 9.59 Å². The number of esters is 1. The van der Waals surface area contributed by atoms with Crippen LogP contribution in [0.15, 0.2) is 24.3 Å². The summed E-state index contributed by atoms with van der Waals surface area (Å²) in [7, 11) is -0.485. The number of hydrogen-bond donors (Lipinski definition) is 0. The molecule has 1 fully saturated rings. The van der Waals surface area contributed by atoms with E-state index in [2.05, 4.69) is 33.9 Å². The van der Waals surface area contributed by atoms with E-state index in [4.69, 9.17) is 13.9 Å². The predicted octanol–water partition coefficient (Wildman–Crippen LogP) is 4.64. The summed E-state index contributed by atoms with van der Waals surface area (Å²) in [6.07, 6.45) is 2.19. The molecular weight excluding hydrogens is 386 g/mol. The lowest BCUT2D eigenvalue weighted by Gasteiger charge is -2.40. The van der Waals surface area contributed by atoms with Gasteiger partial charge in [-0.25, -0.2) is 9.59 Å². The van der Waals surface area contributed by atoms with Gasteiger partial charge in [0.25, 0.3) is 0 Å². The number of rotatable bonds is 8. The number of cyclic esters (lactones) is 1. The van der Waals surface area contributed by atoms with Crippen LogP contribution in [0.2, 0.25) is 18.1 Å². The van der Waals surface area contributed by atoms with E-state index in [-0.39, 0.29) is 23.1 Å². The van der Waals surface area contributed by atoms with Crippen LogP contribution in [0.4, 0.5) is 4.79 Å². The zero-order valence-corrected chi connectivity index (χ0v) is 19.6. The lowest BCUT2D eigenvalue weighted by Crippen LogP contribution is -2.51. The summed E-state index contributed by atoms with van der Waals surface area (Å²) in [4.78, 5) is 25.7. The van der Waals surface area contributed by atoms with Crippen LogP contribution < -0.4 is 0 Å². The molecule has 2 rings (SSSR count). The minimum absolute atomic E-state index is 0.0621. The topological polar surface area (TPSA) is 65.1 Å². The molecule has 1 heterocycles. The molecule has 0 radical (unpaired) electrons. The summed E-state index contributed by atoms with van der Waals surface area (Å²) in [5.74, 6) is -0.336. The summed E-state index contributed by atoms with van der Waals surface area (Å²) in [5, 5.41) is 0.142. The number of carbonyl (C=O) groups excluding carboxylic acids is 2. The second-order valence-electron chi connectivity index (χ2n) is 9.11. The van der Waals surface area contributed by atoms with Crippen molar-refractivity contribution < 1.29 is 23.5 Å². The van der Waals surface area contributed by atoms with Gasteiger partial charge < -0.3 is 18.8 Å². The fraction of sp³-hybridized carbons (Fsp3) is 0.636. The van der Waals surface area contributed by atoms with Gasteiger partial charge in [-0.3, -0.25) is 0 Å². The summed E-state index contributed by atoms with van der Waals surface area (Å²) < 4.78 is 16.4. The number of amides is 1. The zero-order valence-electron chi connectivity index (χ0n) is 18.6. The fourth-order valence-corrected chi connectivity index (χ4v) is 4.06. The van der Waals surface area contributed by atoms with Gasteiger partial charge >= 0.3 is 12.1 Å². The highest BCUT2D eigenvalue weighted by molar-refractivity contribution is 6.74. The number of ether oxygens (including phenoxy) is 2. The SMILES string of the molecule is COC(=O)c1ccc(CCCN2C(=O)OCCC2CO[Si](C)(C)C(C)(C)C)cc1. The number of carbonyl (C=O) groups is 2. The van der Waals surface area contributed by atoms with E-state index in [1.54, 1.807) is 12.1 Å². The molecule has 1 aliphatic rings. The lowest BCUT2D eigenvalue weighted by atomic mass is 10.1. The van der Waals surface area contributed by atoms with Gasteiger partial charge in [0.2, 0.25) is 0 Å². The molecule has 1 atom stereocenters. The van der Waals surface area contributed by atoms with Gasteiger partial charge in [-0.2, -0.15) is 0 Å². The maximum absolute atomic E-state index is 12.3. The Morgan fingerprint density at radius 3 is 2.48 bits per heavy atom. The van der Waals surface area contributed by atoms with Gasteiger partial charge in [0.1, 0.15) is 0 Å². The van der Waals surface area contributed by atoms with Crippen LogP contribution in [0.3, 0.4) is 0 Å². The van der Waals surface area contributed by atoms with E-state index >= 15 is 0 Å². The Bertz CT molecular complexity index is 696. The smallest absolute Gasteiger partial charge is 0.410 e. The van der Waals surface area contributed by atoms with Crippen LogP contribution in [-0.4, -0.2) is 58.2 Å². The molecule has 0 aromatic heterocycles. The maximum Gasteiger partial charge on any atom is 0.410 e. The molecule has 162 valence electrons. The highest BCUT2D eigenvalue weighted by atomic mass is 28.4. The predicted molar refractivity (Wildman–Crippen MR) is 116 cm³/mol. The van der Waals surface area contributed by atoms with E-state index in [0.717, 1.165) is 24.8 Å². The Morgan fingerprint density at radius 1 is 1.24 bits per heavy atom. The van der Waals surface area contributed by atoms with Crippen molar-refractivity contribution in [2.45, 2.75) is 64.2 Å². The highest BCUT2D eigenvalue weighted by Gasteiger charge is 2.39. The first-order valence-electron chi connectivity index (χ1n) is 10.3. The Morgan fingerprint density at radius 2 is 1.90 bits per heavy atom. The molecular formula is C22H35NO5Si. The fourth-order valence-electron chi connectivity index (χ4n) is 3.02. The molecule has 0 spiro atoms. The van der Waals surface area contributed by atoms with E-state index in [0.29, 0.717) is 25.3 Å². The first-order valence-corrected chi connectivity index (χ1v) is 13.2. The van der Waals surface area contributed by atoms with Crippen LogP contribution in [0.25, 0.3) is 0 Å². The van der Waals surface area contributed by atoms with Crippen molar-refractivity contribution in [1.82, 2.24) is 4.90 Å². The molecule has 0 aliphatic carbocycles. The van der Waals surface area contributed by atoms with Crippen LogP contribution in [0.5, 0.6) is 0 Å². The Kier molecular flexibility index (Phi) is 7.88. The van der Waals surface area contributed by atoms with Crippen molar-refractivity contribution >= 4 is 20.4 Å². The average molecular weight is 422 g/mol. The molecule has 0 saturated carbocycles. The molecule has 1 aliphatic heterocycles. The Balaban J connectivity index is 1.91. The monoisotopic (exact) mass is 421 g/mol. The van der Waals surface area contributed by atoms with E-state index in [1.807, 2.05) is 17.0 Å². The number of aryl methyl sites for hydroxylation is 1. The third-order valence-electron chi connectivity index (χ3n) is 6.03. The van der Waals surface area contributed by atoms with Crippen LogP contribution >= 0.6 is 0 Å². The first kappa shape index (κ1) is 23.4. The number of benzene rings is 1. The second-order valence-corrected chi connectivity index (χ2v) is 13.9. The largest absolute Gasteiger partial charge is 0.465 e. The Labute approximate surface area is 175 Å². The molecule has 7 heteroatoms. The third kappa shape index (κ3) is 6.31. The Hall–Kier alpha value is -1.86. The standard InChI is InChI=1S/C22H35NO5Si/c1-22(2,3)29(5,6)28-16-19-13-15-27-21(25)23(19)14-7-8-17-9-11-18(12-10-17)20(24)26-4/h9-12,19H,7-8,13-16H2,1-6H3. The van der Waals surface area contributed by atoms with E-state index < -0.39 is 8.32 Å². The lowest BCUT2D eigenvalue weighted by molar-refractivity contribution is 0.0267. The molecule has 1 saturated heterocycles. The third-order valence-corrected chi connectivity index (χ3v) is 10.5. The van der Waals surface area contributed by atoms with Crippen molar-refractivity contribution in [1.29, 1.82) is 0 Å². The minimum atomic E-state index is -1.86. The summed E-state index contributed by atoms with van der Waals surface area (Å²) in [6, 6.07) is 7.46. The molecule has 0 bridgehead atoms. The minimum Gasteiger partial charge on any atom is -0.465 e. The van der Waals surface area contributed by atoms with Crippen molar-refractivity contribution in [3.63, 3.8) is 0 Å². The number of hydrogen-bond acceptors (Lipinski definition) is 5. The number of nitrogens with zero attached hydrogens (tertiary/aromatic N) is 1. The molecule has 6 nitrogen and oxygen atoms in total. The highest BCUT2D eigenvalue weighted by Crippen LogP contribution is 2.37. The molecule has 1 aromatic carbocycles. The molecule has 1 unspecified atom stereocenters. The van der Waals surface area contributed by atoms with Gasteiger partial charge in [0.05, 0.1) is 31.9 Å². The first-order chi connectivity index (χ1) is 13.5. The summed E-state index contributed by atoms with van der Waals surface area (Å²) >= 11 is 0. The van der Waals surface area contributed by atoms with E-state index in [1.165, 1.54) is 7.11 Å². The van der Waals surface area contributed by atoms with Gasteiger partial charge in [0, 0.05) is 13.0 Å². The second kappa shape index (κ2) is 9.76. The molecule has 29 heavy (non-hydrogen) atoms. The van der Waals surface area contributed by atoms with Crippen molar-refractivity contribution in [2.24, 2.45) is 0 Å². The quantitative estimate of drug-likeness (QED) is 0.452. The zero-order chi connectivity index (χ0) is 21.7. The summed E-state index contributed by atoms with van der Waals surface area (Å²) in [5.41, 5.74) is 1.66. The van der Waals surface area contributed by atoms with Crippen molar-refractivity contribution in [2.75, 3.05) is 26.9 Å². The van der Waals surface area contributed by atoms with Gasteiger partial charge in [0.15, 0.2) is 8.32 Å². The average Bonchev–Trinajstić information content (AvgIpc) is 2.67. The van der Waals surface area contributed by atoms with Crippen LogP contribution in [0.1, 0.15) is 49.5 Å². The normalized spacial score (nSPS) is 17.8. The summed E-state index contributed by atoms with van der Waals surface area (Å²) in [6.45, 7) is 12.8. The number of methoxy groups -OCH3 is 1.